The highest BCUT2D eigenvalue weighted by Crippen LogP contribution is 2.38. The predicted octanol–water partition coefficient (Wildman–Crippen LogP) is 5.29. The molecular weight excluding hydrogens is 401 g/mol. The van der Waals surface area contributed by atoms with Gasteiger partial charge in [0.1, 0.15) is 11.6 Å². The topological polar surface area (TPSA) is 55.4 Å². The lowest BCUT2D eigenvalue weighted by molar-refractivity contribution is 0.414. The van der Waals surface area contributed by atoms with E-state index in [-0.39, 0.29) is 4.90 Å². The summed E-state index contributed by atoms with van der Waals surface area (Å²) in [4.78, 5) is 0.114. The van der Waals surface area contributed by atoms with Gasteiger partial charge in [-0.05, 0) is 42.3 Å². The minimum absolute atomic E-state index is 0.114. The molecule has 0 aromatic heterocycles. The SMILES string of the molecule is C=C(F)C(c1ccccc1)C(NS(=O)(=O)c1ccc(C)cc1)c1ccc(OC)cc1. The molecule has 3 aromatic rings. The first kappa shape index (κ1) is 21.7. The molecule has 0 saturated carbocycles. The quantitative estimate of drug-likeness (QED) is 0.533. The first-order valence-corrected chi connectivity index (χ1v) is 10.9. The maximum Gasteiger partial charge on any atom is 0.241 e. The molecule has 0 bridgehead atoms. The molecule has 0 aliphatic carbocycles. The Hall–Kier alpha value is -2.96. The summed E-state index contributed by atoms with van der Waals surface area (Å²) in [5.74, 6) is -0.914. The van der Waals surface area contributed by atoms with Crippen LogP contribution >= 0.6 is 0 Å². The average molecular weight is 426 g/mol. The van der Waals surface area contributed by atoms with Gasteiger partial charge in [-0.15, -0.1) is 0 Å². The summed E-state index contributed by atoms with van der Waals surface area (Å²) in [5, 5.41) is 0. The van der Waals surface area contributed by atoms with E-state index in [1.165, 1.54) is 12.1 Å². The number of halogens is 1. The summed E-state index contributed by atoms with van der Waals surface area (Å²) in [7, 11) is -2.37. The van der Waals surface area contributed by atoms with Gasteiger partial charge in [0.15, 0.2) is 0 Å². The molecule has 0 amide bonds. The molecule has 0 aliphatic rings. The van der Waals surface area contributed by atoms with Crippen molar-refractivity contribution in [3.8, 4) is 5.75 Å². The van der Waals surface area contributed by atoms with Gasteiger partial charge in [-0.25, -0.2) is 17.5 Å². The highest BCUT2D eigenvalue weighted by Gasteiger charge is 2.32. The molecule has 3 rings (SSSR count). The van der Waals surface area contributed by atoms with Crippen LogP contribution in [0.15, 0.2) is 96.2 Å². The Balaban J connectivity index is 2.08. The van der Waals surface area contributed by atoms with Crippen LogP contribution in [0.25, 0.3) is 0 Å². The largest absolute Gasteiger partial charge is 0.497 e. The van der Waals surface area contributed by atoms with Gasteiger partial charge >= 0.3 is 0 Å². The molecule has 0 saturated heterocycles. The number of sulfonamides is 1. The van der Waals surface area contributed by atoms with Crippen LogP contribution < -0.4 is 9.46 Å². The van der Waals surface area contributed by atoms with E-state index in [0.717, 1.165) is 5.56 Å². The number of nitrogens with one attached hydrogen (secondary N) is 1. The minimum Gasteiger partial charge on any atom is -0.497 e. The first-order valence-electron chi connectivity index (χ1n) is 9.44. The lowest BCUT2D eigenvalue weighted by atomic mass is 9.87. The van der Waals surface area contributed by atoms with E-state index in [1.54, 1.807) is 67.8 Å². The molecule has 1 N–H and O–H groups in total. The fourth-order valence-electron chi connectivity index (χ4n) is 3.31. The van der Waals surface area contributed by atoms with Crippen molar-refractivity contribution in [1.29, 1.82) is 0 Å². The number of hydrogen-bond acceptors (Lipinski definition) is 3. The van der Waals surface area contributed by atoms with Gasteiger partial charge in [0.25, 0.3) is 0 Å². The van der Waals surface area contributed by atoms with Crippen molar-refractivity contribution in [2.45, 2.75) is 23.8 Å². The molecule has 6 heteroatoms. The van der Waals surface area contributed by atoms with Crippen LogP contribution in [0.2, 0.25) is 0 Å². The fourth-order valence-corrected chi connectivity index (χ4v) is 4.54. The number of methoxy groups -OCH3 is 1. The third-order valence-corrected chi connectivity index (χ3v) is 6.37. The Kier molecular flexibility index (Phi) is 6.70. The summed E-state index contributed by atoms with van der Waals surface area (Å²) < 4.78 is 48.8. The zero-order chi connectivity index (χ0) is 21.7. The molecule has 2 unspecified atom stereocenters. The van der Waals surface area contributed by atoms with Crippen molar-refractivity contribution in [2.24, 2.45) is 0 Å². The van der Waals surface area contributed by atoms with E-state index >= 15 is 0 Å². The standard InChI is InChI=1S/C24H24FNO3S/c1-17-9-15-22(16-10-17)30(27,28)26-24(20-11-13-21(29-3)14-12-20)23(18(2)25)19-7-5-4-6-8-19/h4-16,23-24,26H,2H2,1,3H3. The fraction of sp³-hybridized carbons (Fsp3) is 0.167. The number of aryl methyl sites for hydroxylation is 1. The van der Waals surface area contributed by atoms with Gasteiger partial charge in [-0.3, -0.25) is 0 Å². The van der Waals surface area contributed by atoms with Crippen molar-refractivity contribution in [2.75, 3.05) is 7.11 Å². The van der Waals surface area contributed by atoms with Gasteiger partial charge in [-0.2, -0.15) is 0 Å². The van der Waals surface area contributed by atoms with Gasteiger partial charge in [0.05, 0.1) is 24.0 Å². The zero-order valence-electron chi connectivity index (χ0n) is 16.9. The van der Waals surface area contributed by atoms with Crippen LogP contribution in [0.5, 0.6) is 5.75 Å². The van der Waals surface area contributed by atoms with Gasteiger partial charge in [0.2, 0.25) is 10.0 Å². The first-order chi connectivity index (χ1) is 14.3. The van der Waals surface area contributed by atoms with Crippen molar-refractivity contribution in [3.63, 3.8) is 0 Å². The van der Waals surface area contributed by atoms with E-state index in [1.807, 2.05) is 13.0 Å². The predicted molar refractivity (Wildman–Crippen MR) is 117 cm³/mol. The molecule has 0 fully saturated rings. The number of ether oxygens (including phenoxy) is 1. The van der Waals surface area contributed by atoms with Crippen molar-refractivity contribution >= 4 is 10.0 Å². The Morgan fingerprint density at radius 3 is 2.07 bits per heavy atom. The van der Waals surface area contributed by atoms with Crippen LogP contribution in [0.4, 0.5) is 4.39 Å². The molecular formula is C24H24FNO3S. The molecule has 4 nitrogen and oxygen atoms in total. The Morgan fingerprint density at radius 1 is 0.933 bits per heavy atom. The highest BCUT2D eigenvalue weighted by molar-refractivity contribution is 7.89. The summed E-state index contributed by atoms with van der Waals surface area (Å²) in [6.07, 6.45) is 0. The number of benzene rings is 3. The molecule has 0 heterocycles. The Morgan fingerprint density at radius 2 is 1.53 bits per heavy atom. The summed E-state index contributed by atoms with van der Waals surface area (Å²) >= 11 is 0. The maximum absolute atomic E-state index is 14.7. The van der Waals surface area contributed by atoms with Crippen LogP contribution in [-0.4, -0.2) is 15.5 Å². The smallest absolute Gasteiger partial charge is 0.241 e. The van der Waals surface area contributed by atoms with Gasteiger partial charge in [-0.1, -0.05) is 66.7 Å². The summed E-state index contributed by atoms with van der Waals surface area (Å²) in [6, 6.07) is 21.4. The monoisotopic (exact) mass is 425 g/mol. The second-order valence-electron chi connectivity index (χ2n) is 7.02. The van der Waals surface area contributed by atoms with E-state index in [0.29, 0.717) is 16.9 Å². The number of rotatable bonds is 8. The second-order valence-corrected chi connectivity index (χ2v) is 8.73. The van der Waals surface area contributed by atoms with Crippen molar-refractivity contribution in [1.82, 2.24) is 4.72 Å². The molecule has 156 valence electrons. The lowest BCUT2D eigenvalue weighted by Crippen LogP contribution is -2.33. The van der Waals surface area contributed by atoms with E-state index in [2.05, 4.69) is 11.3 Å². The van der Waals surface area contributed by atoms with E-state index < -0.39 is 27.8 Å². The molecule has 0 radical (unpaired) electrons. The summed E-state index contributed by atoms with van der Waals surface area (Å²) in [5.41, 5.74) is 2.16. The molecule has 3 aromatic carbocycles. The zero-order valence-corrected chi connectivity index (χ0v) is 17.7. The minimum atomic E-state index is -3.92. The van der Waals surface area contributed by atoms with Crippen LogP contribution in [0, 0.1) is 6.92 Å². The highest BCUT2D eigenvalue weighted by atomic mass is 32.2. The van der Waals surface area contributed by atoms with Crippen LogP contribution in [0.1, 0.15) is 28.7 Å². The Labute approximate surface area is 177 Å². The Bertz CT molecular complexity index is 1100. The van der Waals surface area contributed by atoms with E-state index in [4.69, 9.17) is 4.74 Å². The third-order valence-electron chi connectivity index (χ3n) is 4.92. The third kappa shape index (κ3) is 4.96. The normalized spacial score (nSPS) is 13.4. The molecule has 30 heavy (non-hydrogen) atoms. The molecule has 0 spiro atoms. The average Bonchev–Trinajstić information content (AvgIpc) is 2.74. The number of hydrogen-bond donors (Lipinski definition) is 1. The van der Waals surface area contributed by atoms with Crippen LogP contribution in [0.3, 0.4) is 0 Å². The second kappa shape index (κ2) is 9.24. The van der Waals surface area contributed by atoms with Crippen molar-refractivity contribution in [3.05, 3.63) is 108 Å². The summed E-state index contributed by atoms with van der Waals surface area (Å²) in [6.45, 7) is 5.38. The van der Waals surface area contributed by atoms with Gasteiger partial charge in [0, 0.05) is 0 Å². The maximum atomic E-state index is 14.7. The van der Waals surface area contributed by atoms with Crippen LogP contribution in [-0.2, 0) is 10.0 Å². The molecule has 2 atom stereocenters. The van der Waals surface area contributed by atoms with Gasteiger partial charge < -0.3 is 4.74 Å². The molecule has 0 aliphatic heterocycles. The lowest BCUT2D eigenvalue weighted by Gasteiger charge is -2.28. The van der Waals surface area contributed by atoms with Crippen molar-refractivity contribution < 1.29 is 17.5 Å². The van der Waals surface area contributed by atoms with E-state index in [9.17, 15) is 12.8 Å².